The lowest BCUT2D eigenvalue weighted by Gasteiger charge is -2.01. The van der Waals surface area contributed by atoms with Crippen molar-refractivity contribution in [1.82, 2.24) is 0 Å². The second-order valence-electron chi connectivity index (χ2n) is 2.98. The molecule has 0 unspecified atom stereocenters. The molecule has 1 rings (SSSR count). The molecule has 1 amide bonds. The summed E-state index contributed by atoms with van der Waals surface area (Å²) in [7, 11) is 0. The van der Waals surface area contributed by atoms with Crippen LogP contribution in [0, 0.1) is 17.7 Å². The Morgan fingerprint density at radius 1 is 1.44 bits per heavy atom. The molecular formula is C11H8F3NO. The smallest absolute Gasteiger partial charge is 0.266 e. The monoisotopic (exact) mass is 227 g/mol. The maximum atomic E-state index is 13.0. The molecule has 1 aromatic rings. The van der Waals surface area contributed by atoms with E-state index < -0.39 is 23.7 Å². The Labute approximate surface area is 90.3 Å². The fourth-order valence-electron chi connectivity index (χ4n) is 1.02. The SMILES string of the molecule is NC(=O)CC#Cc1ccc(C(F)F)c(F)c1. The van der Waals surface area contributed by atoms with E-state index in [4.69, 9.17) is 5.73 Å². The Bertz CT molecular complexity index is 460. The van der Waals surface area contributed by atoms with Crippen LogP contribution in [0.25, 0.3) is 0 Å². The second-order valence-corrected chi connectivity index (χ2v) is 2.98. The van der Waals surface area contributed by atoms with Crippen LogP contribution in [0.4, 0.5) is 13.2 Å². The zero-order valence-electron chi connectivity index (χ0n) is 8.14. The fraction of sp³-hybridized carbons (Fsp3) is 0.182. The average Bonchev–Trinajstić information content (AvgIpc) is 2.16. The normalized spacial score (nSPS) is 9.75. The number of hydrogen-bond donors (Lipinski definition) is 1. The van der Waals surface area contributed by atoms with E-state index in [-0.39, 0.29) is 12.0 Å². The number of amides is 1. The minimum Gasteiger partial charge on any atom is -0.369 e. The van der Waals surface area contributed by atoms with Crippen LogP contribution >= 0.6 is 0 Å². The summed E-state index contributed by atoms with van der Waals surface area (Å²) in [6.45, 7) is 0. The van der Waals surface area contributed by atoms with Crippen LogP contribution in [0.3, 0.4) is 0 Å². The summed E-state index contributed by atoms with van der Waals surface area (Å²) in [5, 5.41) is 0. The minimum atomic E-state index is -2.85. The molecule has 5 heteroatoms. The zero-order valence-corrected chi connectivity index (χ0v) is 8.14. The van der Waals surface area contributed by atoms with E-state index in [0.29, 0.717) is 0 Å². The lowest BCUT2D eigenvalue weighted by atomic mass is 10.1. The highest BCUT2D eigenvalue weighted by atomic mass is 19.3. The van der Waals surface area contributed by atoms with E-state index in [1.807, 2.05) is 0 Å². The van der Waals surface area contributed by atoms with Gasteiger partial charge in [0.25, 0.3) is 6.43 Å². The predicted octanol–water partition coefficient (Wildman–Crippen LogP) is 1.99. The molecule has 2 N–H and O–H groups in total. The number of rotatable bonds is 2. The summed E-state index contributed by atoms with van der Waals surface area (Å²) in [5.41, 5.74) is 4.39. The first-order valence-corrected chi connectivity index (χ1v) is 4.35. The number of carbonyl (C=O) groups excluding carboxylic acids is 1. The first-order chi connectivity index (χ1) is 7.50. The topological polar surface area (TPSA) is 43.1 Å². The van der Waals surface area contributed by atoms with Gasteiger partial charge in [-0.3, -0.25) is 4.79 Å². The molecule has 1 aromatic carbocycles. The van der Waals surface area contributed by atoms with Gasteiger partial charge in [0, 0.05) is 5.56 Å². The fourth-order valence-corrected chi connectivity index (χ4v) is 1.02. The minimum absolute atomic E-state index is 0.155. The third-order valence-corrected chi connectivity index (χ3v) is 1.73. The Balaban J connectivity index is 2.88. The first kappa shape index (κ1) is 12.1. The molecule has 0 bridgehead atoms. The van der Waals surface area contributed by atoms with Crippen LogP contribution in [-0.4, -0.2) is 5.91 Å². The molecule has 0 saturated carbocycles. The summed E-state index contributed by atoms with van der Waals surface area (Å²) >= 11 is 0. The summed E-state index contributed by atoms with van der Waals surface area (Å²) in [6.07, 6.45) is -3.01. The lowest BCUT2D eigenvalue weighted by Crippen LogP contribution is -2.08. The van der Waals surface area contributed by atoms with Gasteiger partial charge in [-0.1, -0.05) is 11.8 Å². The van der Waals surface area contributed by atoms with Crippen LogP contribution < -0.4 is 5.73 Å². The van der Waals surface area contributed by atoms with Gasteiger partial charge < -0.3 is 5.73 Å². The molecule has 0 aliphatic heterocycles. The molecule has 16 heavy (non-hydrogen) atoms. The summed E-state index contributed by atoms with van der Waals surface area (Å²) in [4.78, 5) is 10.3. The van der Waals surface area contributed by atoms with Gasteiger partial charge in [-0.05, 0) is 18.2 Å². The third-order valence-electron chi connectivity index (χ3n) is 1.73. The van der Waals surface area contributed by atoms with Crippen molar-refractivity contribution in [2.45, 2.75) is 12.8 Å². The number of carbonyl (C=O) groups is 1. The molecule has 0 spiro atoms. The number of benzene rings is 1. The molecule has 2 nitrogen and oxygen atoms in total. The quantitative estimate of drug-likeness (QED) is 0.771. The second kappa shape index (κ2) is 5.21. The largest absolute Gasteiger partial charge is 0.369 e. The van der Waals surface area contributed by atoms with Gasteiger partial charge in [-0.25, -0.2) is 13.2 Å². The lowest BCUT2D eigenvalue weighted by molar-refractivity contribution is -0.117. The highest BCUT2D eigenvalue weighted by molar-refractivity contribution is 5.76. The Morgan fingerprint density at radius 2 is 2.12 bits per heavy atom. The maximum Gasteiger partial charge on any atom is 0.266 e. The molecule has 0 heterocycles. The molecule has 0 aromatic heterocycles. The van der Waals surface area contributed by atoms with Crippen molar-refractivity contribution >= 4 is 5.91 Å². The zero-order chi connectivity index (χ0) is 12.1. The van der Waals surface area contributed by atoms with E-state index in [2.05, 4.69) is 11.8 Å². The third kappa shape index (κ3) is 3.31. The van der Waals surface area contributed by atoms with Crippen LogP contribution in [0.5, 0.6) is 0 Å². The highest BCUT2D eigenvalue weighted by Gasteiger charge is 2.12. The van der Waals surface area contributed by atoms with Crippen LogP contribution in [-0.2, 0) is 4.79 Å². The van der Waals surface area contributed by atoms with E-state index in [1.54, 1.807) is 0 Å². The van der Waals surface area contributed by atoms with Crippen molar-refractivity contribution in [3.05, 3.63) is 35.1 Å². The summed E-state index contributed by atoms with van der Waals surface area (Å²) in [6, 6.07) is 3.13. The molecule has 0 radical (unpaired) electrons. The first-order valence-electron chi connectivity index (χ1n) is 4.35. The Hall–Kier alpha value is -1.96. The molecular weight excluding hydrogens is 219 g/mol. The molecule has 0 atom stereocenters. The van der Waals surface area contributed by atoms with Gasteiger partial charge in [0.2, 0.25) is 5.91 Å². The van der Waals surface area contributed by atoms with E-state index in [9.17, 15) is 18.0 Å². The van der Waals surface area contributed by atoms with Gasteiger partial charge >= 0.3 is 0 Å². The van der Waals surface area contributed by atoms with E-state index in [0.717, 1.165) is 12.1 Å². The number of hydrogen-bond acceptors (Lipinski definition) is 1. The van der Waals surface area contributed by atoms with Crippen molar-refractivity contribution in [3.63, 3.8) is 0 Å². The van der Waals surface area contributed by atoms with Crippen LogP contribution in [0.15, 0.2) is 18.2 Å². The van der Waals surface area contributed by atoms with Crippen LogP contribution in [0.2, 0.25) is 0 Å². The highest BCUT2D eigenvalue weighted by Crippen LogP contribution is 2.22. The number of halogens is 3. The van der Waals surface area contributed by atoms with Gasteiger partial charge in [0.05, 0.1) is 12.0 Å². The van der Waals surface area contributed by atoms with Crippen molar-refractivity contribution in [3.8, 4) is 11.8 Å². The van der Waals surface area contributed by atoms with E-state index >= 15 is 0 Å². The number of nitrogens with two attached hydrogens (primary N) is 1. The van der Waals surface area contributed by atoms with Crippen molar-refractivity contribution in [2.24, 2.45) is 5.73 Å². The molecule has 0 saturated heterocycles. The van der Waals surface area contributed by atoms with Gasteiger partial charge in [0.1, 0.15) is 5.82 Å². The van der Waals surface area contributed by atoms with Crippen LogP contribution in [0.1, 0.15) is 24.0 Å². The number of alkyl halides is 2. The van der Waals surface area contributed by atoms with Gasteiger partial charge in [0.15, 0.2) is 0 Å². The predicted molar refractivity (Wildman–Crippen MR) is 52.0 cm³/mol. The van der Waals surface area contributed by atoms with Crippen molar-refractivity contribution < 1.29 is 18.0 Å². The summed E-state index contributed by atoms with van der Waals surface area (Å²) in [5.74, 6) is 3.23. The average molecular weight is 227 g/mol. The Kier molecular flexibility index (Phi) is 3.95. The Morgan fingerprint density at radius 3 is 2.62 bits per heavy atom. The maximum absolute atomic E-state index is 13.0. The molecule has 0 fully saturated rings. The molecule has 84 valence electrons. The van der Waals surface area contributed by atoms with Gasteiger partial charge in [-0.15, -0.1) is 0 Å². The molecule has 0 aliphatic rings. The van der Waals surface area contributed by atoms with Crippen molar-refractivity contribution in [1.29, 1.82) is 0 Å². The van der Waals surface area contributed by atoms with E-state index in [1.165, 1.54) is 6.07 Å². The molecule has 0 aliphatic carbocycles. The van der Waals surface area contributed by atoms with Crippen molar-refractivity contribution in [2.75, 3.05) is 0 Å². The standard InChI is InChI=1S/C11H8F3NO/c12-9-6-7(2-1-3-10(15)16)4-5-8(9)11(13)14/h4-6,11H,3H2,(H2,15,16). The number of primary amides is 1. The summed E-state index contributed by atoms with van der Waals surface area (Å²) < 4.78 is 37.4. The van der Waals surface area contributed by atoms with Gasteiger partial charge in [-0.2, -0.15) is 0 Å².